The van der Waals surface area contributed by atoms with Crippen LogP contribution in [-0.2, 0) is 19.2 Å². The van der Waals surface area contributed by atoms with Crippen molar-refractivity contribution in [2.24, 2.45) is 35.5 Å². The summed E-state index contributed by atoms with van der Waals surface area (Å²) in [5, 5.41) is 42.4. The first-order valence-electron chi connectivity index (χ1n) is 11.6. The Bertz CT molecular complexity index is 719. The van der Waals surface area contributed by atoms with Gasteiger partial charge in [0, 0.05) is 17.8 Å². The second-order valence-electron chi connectivity index (χ2n) is 9.55. The molecule has 8 atom stereocenters. The first-order valence-corrected chi connectivity index (χ1v) is 11.6. The smallest absolute Gasteiger partial charge is 0.550 e. The molecule has 0 saturated heterocycles. The molecule has 0 aromatic carbocycles. The van der Waals surface area contributed by atoms with Gasteiger partial charge in [-0.2, -0.15) is 0 Å². The molecule has 0 spiro atoms. The van der Waals surface area contributed by atoms with Gasteiger partial charge in [0.1, 0.15) is 6.10 Å². The molecule has 174 valence electrons. The van der Waals surface area contributed by atoms with E-state index >= 15 is 0 Å². The molecule has 32 heavy (non-hydrogen) atoms. The van der Waals surface area contributed by atoms with E-state index in [0.29, 0.717) is 12.8 Å². The zero-order valence-corrected chi connectivity index (χ0v) is 20.9. The number of aliphatic carboxylic acids is 1. The second kappa shape index (κ2) is 11.7. The Hall–Kier alpha value is -0.640. The van der Waals surface area contributed by atoms with Crippen LogP contribution in [-0.4, -0.2) is 57.0 Å². The Morgan fingerprint density at radius 3 is 2.06 bits per heavy atom. The maximum absolute atomic E-state index is 13.5. The van der Waals surface area contributed by atoms with Crippen LogP contribution in [0.2, 0.25) is 0 Å². The number of aliphatic hydroxyl groups excluding tert-OH is 3. The predicted octanol–water partition coefficient (Wildman–Crippen LogP) is -3.20. The van der Waals surface area contributed by atoms with E-state index in [2.05, 4.69) is 0 Å². The standard InChI is InChI=1S/C23H34O8.Na/c1-2-3-9-12-17(24)15(11-7-5-4-6-8-11)21(28)16(18(12)25)13-10-14(23(30)31)20(27)22(29)19(13)26;/h11-16,19-20,22,26-27,29H,2-10H2,1H3,(H,30,31);/q;+1/p-1/t12?,13?,14-,15?,16+,19-,20+,22-;/m0./s1. The topological polar surface area (TPSA) is 152 Å². The number of unbranched alkanes of at least 4 members (excludes halogenated alkanes) is 1. The number of rotatable bonds is 6. The van der Waals surface area contributed by atoms with Crippen LogP contribution in [0.5, 0.6) is 0 Å². The third kappa shape index (κ3) is 5.20. The Kier molecular flexibility index (Phi) is 10.1. The minimum atomic E-state index is -1.82. The molecule has 0 radical (unpaired) electrons. The van der Waals surface area contributed by atoms with Crippen LogP contribution in [0, 0.1) is 35.5 Å². The molecule has 8 nitrogen and oxygen atoms in total. The summed E-state index contributed by atoms with van der Waals surface area (Å²) in [7, 11) is 0. The fraction of sp³-hybridized carbons (Fsp3) is 0.826. The Balaban J connectivity index is 0.00000363. The van der Waals surface area contributed by atoms with Gasteiger partial charge < -0.3 is 25.2 Å². The van der Waals surface area contributed by atoms with Crippen molar-refractivity contribution >= 4 is 23.3 Å². The Morgan fingerprint density at radius 1 is 0.906 bits per heavy atom. The first kappa shape index (κ1) is 27.6. The number of hydrogen-bond acceptors (Lipinski definition) is 8. The minimum Gasteiger partial charge on any atom is -0.550 e. The maximum atomic E-state index is 13.5. The van der Waals surface area contributed by atoms with Crippen LogP contribution in [0.1, 0.15) is 64.7 Å². The molecule has 3 fully saturated rings. The molecule has 0 heterocycles. The molecule has 3 unspecified atom stereocenters. The summed E-state index contributed by atoms with van der Waals surface area (Å²) in [6.07, 6.45) is 0.437. The largest absolute Gasteiger partial charge is 1.00 e. The number of aliphatic hydroxyl groups is 3. The molecule has 9 heteroatoms. The third-order valence-electron chi connectivity index (χ3n) is 7.69. The van der Waals surface area contributed by atoms with Gasteiger partial charge in [0.25, 0.3) is 0 Å². The summed E-state index contributed by atoms with van der Waals surface area (Å²) in [5.74, 6) is -9.16. The molecule has 3 saturated carbocycles. The molecular formula is C23H33NaO8. The number of hydrogen-bond donors (Lipinski definition) is 3. The van der Waals surface area contributed by atoms with Crippen molar-refractivity contribution in [1.82, 2.24) is 0 Å². The molecule has 3 aliphatic rings. The van der Waals surface area contributed by atoms with Crippen LogP contribution >= 0.6 is 0 Å². The van der Waals surface area contributed by atoms with E-state index in [4.69, 9.17) is 0 Å². The summed E-state index contributed by atoms with van der Waals surface area (Å²) in [5.41, 5.74) is 0. The van der Waals surface area contributed by atoms with Crippen molar-refractivity contribution in [2.45, 2.75) is 83.0 Å². The van der Waals surface area contributed by atoms with E-state index in [1.54, 1.807) is 0 Å². The van der Waals surface area contributed by atoms with Crippen molar-refractivity contribution < 1.29 is 69.2 Å². The zero-order valence-electron chi connectivity index (χ0n) is 18.9. The van der Waals surface area contributed by atoms with Gasteiger partial charge in [-0.3, -0.25) is 14.4 Å². The summed E-state index contributed by atoms with van der Waals surface area (Å²) in [6.45, 7) is 1.94. The van der Waals surface area contributed by atoms with Gasteiger partial charge in [0.15, 0.2) is 17.3 Å². The van der Waals surface area contributed by atoms with Crippen molar-refractivity contribution in [2.75, 3.05) is 0 Å². The summed E-state index contributed by atoms with van der Waals surface area (Å²) in [4.78, 5) is 51.6. The van der Waals surface area contributed by atoms with Crippen molar-refractivity contribution in [1.29, 1.82) is 0 Å². The second-order valence-corrected chi connectivity index (χ2v) is 9.55. The van der Waals surface area contributed by atoms with Gasteiger partial charge in [-0.15, -0.1) is 0 Å². The van der Waals surface area contributed by atoms with E-state index in [9.17, 15) is 39.6 Å². The van der Waals surface area contributed by atoms with Gasteiger partial charge in [0.05, 0.1) is 30.0 Å². The number of carbonyl (C=O) groups is 4. The van der Waals surface area contributed by atoms with Crippen LogP contribution in [0.15, 0.2) is 0 Å². The average molecular weight is 460 g/mol. The minimum absolute atomic E-state index is 0. The van der Waals surface area contributed by atoms with E-state index < -0.39 is 65.4 Å². The van der Waals surface area contributed by atoms with Crippen LogP contribution in [0.25, 0.3) is 0 Å². The van der Waals surface area contributed by atoms with Crippen LogP contribution in [0.3, 0.4) is 0 Å². The summed E-state index contributed by atoms with van der Waals surface area (Å²) in [6, 6.07) is 0. The average Bonchev–Trinajstić information content (AvgIpc) is 2.74. The molecule has 3 N–H and O–H groups in total. The predicted molar refractivity (Wildman–Crippen MR) is 106 cm³/mol. The van der Waals surface area contributed by atoms with Crippen molar-refractivity contribution in [3.05, 3.63) is 0 Å². The molecule has 0 amide bonds. The monoisotopic (exact) mass is 460 g/mol. The Labute approximate surface area is 210 Å². The fourth-order valence-electron chi connectivity index (χ4n) is 5.93. The van der Waals surface area contributed by atoms with Gasteiger partial charge in [-0.1, -0.05) is 39.0 Å². The SMILES string of the molecule is CCCCC1C(=O)C(C2CCCCC2)C(=O)[C@H](C2C[C@H](C(=O)[O-])[C@@H](O)[C@@H](O)[C@H]2O)C1=O.[Na+]. The van der Waals surface area contributed by atoms with Gasteiger partial charge in [0.2, 0.25) is 0 Å². The molecule has 0 bridgehead atoms. The van der Waals surface area contributed by atoms with E-state index in [-0.39, 0.29) is 47.7 Å². The number of ketones is 3. The zero-order chi connectivity index (χ0) is 22.9. The quantitative estimate of drug-likeness (QED) is 0.277. The van der Waals surface area contributed by atoms with Crippen LogP contribution in [0.4, 0.5) is 0 Å². The van der Waals surface area contributed by atoms with Gasteiger partial charge >= 0.3 is 29.6 Å². The van der Waals surface area contributed by atoms with Gasteiger partial charge in [-0.05, 0) is 31.6 Å². The Morgan fingerprint density at radius 2 is 1.50 bits per heavy atom. The summed E-state index contributed by atoms with van der Waals surface area (Å²) >= 11 is 0. The maximum Gasteiger partial charge on any atom is 1.00 e. The number of Topliss-reactive ketones (excluding diaryl/α,β-unsaturated/α-hetero) is 3. The third-order valence-corrected chi connectivity index (χ3v) is 7.69. The molecular weight excluding hydrogens is 427 g/mol. The summed E-state index contributed by atoms with van der Waals surface area (Å²) < 4.78 is 0. The number of carboxylic acids is 1. The van der Waals surface area contributed by atoms with Crippen LogP contribution < -0.4 is 34.7 Å². The van der Waals surface area contributed by atoms with Gasteiger partial charge in [-0.25, -0.2) is 0 Å². The molecule has 3 rings (SSSR count). The molecule has 3 aliphatic carbocycles. The van der Waals surface area contributed by atoms with E-state index in [1.165, 1.54) is 0 Å². The number of carboxylic acid groups (broad SMARTS) is 1. The normalized spacial score (nSPS) is 38.9. The first-order chi connectivity index (χ1) is 14.7. The molecule has 0 aromatic heterocycles. The van der Waals surface area contributed by atoms with Crippen molar-refractivity contribution in [3.8, 4) is 0 Å². The van der Waals surface area contributed by atoms with E-state index in [1.807, 2.05) is 6.92 Å². The molecule has 0 aromatic rings. The fourth-order valence-corrected chi connectivity index (χ4v) is 5.93. The van der Waals surface area contributed by atoms with Crippen molar-refractivity contribution in [3.63, 3.8) is 0 Å². The molecule has 0 aliphatic heterocycles. The number of carbonyl (C=O) groups excluding carboxylic acids is 4. The van der Waals surface area contributed by atoms with E-state index in [0.717, 1.165) is 38.5 Å².